The zero-order chi connectivity index (χ0) is 22.2. The maximum atomic E-state index is 12.0. The monoisotopic (exact) mass is 435 g/mol. The van der Waals surface area contributed by atoms with Gasteiger partial charge in [0.25, 0.3) is 0 Å². The van der Waals surface area contributed by atoms with Crippen molar-refractivity contribution in [2.45, 2.75) is 31.7 Å². The molecule has 10 heteroatoms. The van der Waals surface area contributed by atoms with Crippen LogP contribution in [0.15, 0.2) is 57.0 Å². The smallest absolute Gasteiger partial charge is 0.238 e. The fourth-order valence-electron chi connectivity index (χ4n) is 2.61. The van der Waals surface area contributed by atoms with Gasteiger partial charge in [-0.2, -0.15) is 0 Å². The Kier molecular flexibility index (Phi) is 8.01. The minimum Gasteiger partial charge on any atom is -0.469 e. The summed E-state index contributed by atoms with van der Waals surface area (Å²) in [6.45, 7) is 4.96. The van der Waals surface area contributed by atoms with Crippen LogP contribution >= 0.6 is 0 Å². The standard InChI is InChI=1S/C20H29N5O4S/c1-20(2,18(26)22-3)14-25-19(23-11-10-16-5-4-12-29-16)24-13-15-6-8-17(9-7-15)30(21,27)28/h4-9,12H,10-11,13-14H2,1-3H3,(H,22,26)(H2,21,27,28)(H2,23,24,25). The fourth-order valence-corrected chi connectivity index (χ4v) is 3.13. The van der Waals surface area contributed by atoms with Crippen LogP contribution in [-0.2, 0) is 27.8 Å². The number of aliphatic imine (C=N–C) groups is 1. The van der Waals surface area contributed by atoms with Crippen molar-refractivity contribution in [3.63, 3.8) is 0 Å². The highest BCUT2D eigenvalue weighted by atomic mass is 32.2. The molecule has 0 fully saturated rings. The molecule has 0 saturated carbocycles. The summed E-state index contributed by atoms with van der Waals surface area (Å²) in [5.74, 6) is 1.31. The number of rotatable bonds is 9. The van der Waals surface area contributed by atoms with Gasteiger partial charge in [0.1, 0.15) is 5.76 Å². The van der Waals surface area contributed by atoms with Gasteiger partial charge in [-0.05, 0) is 43.7 Å². The maximum absolute atomic E-state index is 12.0. The van der Waals surface area contributed by atoms with E-state index in [0.29, 0.717) is 32.0 Å². The van der Waals surface area contributed by atoms with E-state index in [1.807, 2.05) is 26.0 Å². The fraction of sp³-hybridized carbons (Fsp3) is 0.400. The van der Waals surface area contributed by atoms with Crippen molar-refractivity contribution < 1.29 is 17.6 Å². The van der Waals surface area contributed by atoms with Crippen molar-refractivity contribution in [1.82, 2.24) is 16.0 Å². The highest BCUT2D eigenvalue weighted by molar-refractivity contribution is 7.89. The molecule has 30 heavy (non-hydrogen) atoms. The number of primary sulfonamides is 1. The van der Waals surface area contributed by atoms with E-state index < -0.39 is 15.4 Å². The molecule has 0 atom stereocenters. The molecule has 1 aromatic heterocycles. The number of nitrogens with one attached hydrogen (secondary N) is 3. The number of hydrogen-bond donors (Lipinski definition) is 4. The van der Waals surface area contributed by atoms with Crippen molar-refractivity contribution in [3.8, 4) is 0 Å². The van der Waals surface area contributed by atoms with Gasteiger partial charge >= 0.3 is 0 Å². The summed E-state index contributed by atoms with van der Waals surface area (Å²) >= 11 is 0. The summed E-state index contributed by atoms with van der Waals surface area (Å²) in [6.07, 6.45) is 2.30. The largest absolute Gasteiger partial charge is 0.469 e. The van der Waals surface area contributed by atoms with Crippen LogP contribution < -0.4 is 21.1 Å². The van der Waals surface area contributed by atoms with E-state index in [-0.39, 0.29) is 10.8 Å². The lowest BCUT2D eigenvalue weighted by Gasteiger charge is -2.24. The minimum absolute atomic E-state index is 0.0532. The summed E-state index contributed by atoms with van der Waals surface area (Å²) in [7, 11) is -2.12. The van der Waals surface area contributed by atoms with Gasteiger partial charge in [-0.15, -0.1) is 0 Å². The minimum atomic E-state index is -3.73. The van der Waals surface area contributed by atoms with Crippen LogP contribution in [0.25, 0.3) is 0 Å². The van der Waals surface area contributed by atoms with E-state index >= 15 is 0 Å². The molecule has 2 aromatic rings. The van der Waals surface area contributed by atoms with Crippen LogP contribution in [0.1, 0.15) is 25.2 Å². The zero-order valence-corrected chi connectivity index (χ0v) is 18.3. The van der Waals surface area contributed by atoms with Gasteiger partial charge < -0.3 is 20.4 Å². The average Bonchev–Trinajstić information content (AvgIpc) is 3.22. The maximum Gasteiger partial charge on any atom is 0.238 e. The predicted octanol–water partition coefficient (Wildman–Crippen LogP) is 0.977. The lowest BCUT2D eigenvalue weighted by molar-refractivity contribution is -0.128. The first-order valence-corrected chi connectivity index (χ1v) is 11.0. The third-order valence-electron chi connectivity index (χ3n) is 4.46. The number of guanidine groups is 1. The number of hydrogen-bond acceptors (Lipinski definition) is 5. The average molecular weight is 436 g/mol. The number of nitrogens with zero attached hydrogens (tertiary/aromatic N) is 1. The van der Waals surface area contributed by atoms with Crippen LogP contribution in [0.3, 0.4) is 0 Å². The van der Waals surface area contributed by atoms with E-state index in [2.05, 4.69) is 20.9 Å². The van der Waals surface area contributed by atoms with Crippen molar-refractivity contribution in [3.05, 3.63) is 54.0 Å². The highest BCUT2D eigenvalue weighted by Gasteiger charge is 2.26. The van der Waals surface area contributed by atoms with E-state index in [1.165, 1.54) is 12.1 Å². The third kappa shape index (κ3) is 7.20. The van der Waals surface area contributed by atoms with E-state index in [1.54, 1.807) is 25.4 Å². The first kappa shape index (κ1) is 23.4. The van der Waals surface area contributed by atoms with Crippen molar-refractivity contribution in [1.29, 1.82) is 0 Å². The van der Waals surface area contributed by atoms with Crippen molar-refractivity contribution >= 4 is 21.9 Å². The molecule has 1 heterocycles. The Morgan fingerprint density at radius 2 is 1.87 bits per heavy atom. The number of carbonyl (C=O) groups excluding carboxylic acids is 1. The number of furan rings is 1. The molecule has 2 rings (SSSR count). The molecule has 1 amide bonds. The summed E-state index contributed by atoms with van der Waals surface area (Å²) in [5, 5.41) is 14.2. The molecule has 0 aliphatic carbocycles. The van der Waals surface area contributed by atoms with Crippen LogP contribution in [0.5, 0.6) is 0 Å². The SMILES string of the molecule is CNC(=O)C(C)(C)CNC(=NCc1ccc(S(N)(=O)=O)cc1)NCCc1ccco1. The van der Waals surface area contributed by atoms with E-state index in [4.69, 9.17) is 9.56 Å². The topological polar surface area (TPSA) is 139 Å². The Morgan fingerprint density at radius 3 is 2.43 bits per heavy atom. The number of sulfonamides is 1. The summed E-state index contributed by atoms with van der Waals surface area (Å²) in [5.41, 5.74) is 0.190. The molecule has 0 saturated heterocycles. The molecule has 0 radical (unpaired) electrons. The van der Waals surface area contributed by atoms with Gasteiger partial charge in [0.15, 0.2) is 5.96 Å². The van der Waals surface area contributed by atoms with E-state index in [9.17, 15) is 13.2 Å². The van der Waals surface area contributed by atoms with Gasteiger partial charge in [-0.3, -0.25) is 4.79 Å². The Balaban J connectivity index is 2.05. The van der Waals surface area contributed by atoms with Crippen molar-refractivity contribution in [2.24, 2.45) is 15.5 Å². The molecule has 0 aliphatic rings. The lowest BCUT2D eigenvalue weighted by Crippen LogP contribution is -2.47. The highest BCUT2D eigenvalue weighted by Crippen LogP contribution is 2.13. The van der Waals surface area contributed by atoms with Crippen LogP contribution in [0, 0.1) is 5.41 Å². The summed E-state index contributed by atoms with van der Waals surface area (Å²) in [4.78, 5) is 16.6. The molecule has 164 valence electrons. The Hall–Kier alpha value is -2.85. The molecular weight excluding hydrogens is 406 g/mol. The lowest BCUT2D eigenvalue weighted by atomic mass is 9.92. The second kappa shape index (κ2) is 10.3. The number of nitrogens with two attached hydrogens (primary N) is 1. The van der Waals surface area contributed by atoms with Crippen LogP contribution in [0.2, 0.25) is 0 Å². The summed E-state index contributed by atoms with van der Waals surface area (Å²) < 4.78 is 28.1. The molecule has 1 aromatic carbocycles. The second-order valence-electron chi connectivity index (χ2n) is 7.43. The van der Waals surface area contributed by atoms with Gasteiger partial charge in [0, 0.05) is 26.6 Å². The Labute approximate surface area is 177 Å². The van der Waals surface area contributed by atoms with E-state index in [0.717, 1.165) is 11.3 Å². The van der Waals surface area contributed by atoms with Crippen LogP contribution in [-0.4, -0.2) is 40.4 Å². The first-order valence-electron chi connectivity index (χ1n) is 9.50. The number of benzene rings is 1. The van der Waals surface area contributed by atoms with Crippen LogP contribution in [0.4, 0.5) is 0 Å². The van der Waals surface area contributed by atoms with Gasteiger partial charge in [0.2, 0.25) is 15.9 Å². The second-order valence-corrected chi connectivity index (χ2v) is 8.99. The number of carbonyl (C=O) groups is 1. The first-order chi connectivity index (χ1) is 14.1. The molecule has 5 N–H and O–H groups in total. The van der Waals surface area contributed by atoms with Gasteiger partial charge in [-0.25, -0.2) is 18.5 Å². The molecule has 9 nitrogen and oxygen atoms in total. The van der Waals surface area contributed by atoms with Gasteiger partial charge in [-0.1, -0.05) is 12.1 Å². The molecule has 0 spiro atoms. The normalized spacial score (nSPS) is 12.5. The van der Waals surface area contributed by atoms with Gasteiger partial charge in [0.05, 0.1) is 23.1 Å². The number of amides is 1. The predicted molar refractivity (Wildman–Crippen MR) is 115 cm³/mol. The Bertz CT molecular complexity index is 952. The summed E-state index contributed by atoms with van der Waals surface area (Å²) in [6, 6.07) is 9.96. The quantitative estimate of drug-likeness (QED) is 0.342. The van der Waals surface area contributed by atoms with Crippen molar-refractivity contribution in [2.75, 3.05) is 20.1 Å². The molecule has 0 bridgehead atoms. The third-order valence-corrected chi connectivity index (χ3v) is 5.38. The molecule has 0 aliphatic heterocycles. The molecular formula is C20H29N5O4S. The zero-order valence-electron chi connectivity index (χ0n) is 17.4. The Morgan fingerprint density at radius 1 is 1.17 bits per heavy atom. The molecule has 0 unspecified atom stereocenters.